The molecule has 1 aromatic carbocycles. The minimum atomic E-state index is -0.359. The number of fused-ring (bicyclic) bond motifs is 1. The Bertz CT molecular complexity index is 679. The van der Waals surface area contributed by atoms with Gasteiger partial charge in [0.2, 0.25) is 0 Å². The van der Waals surface area contributed by atoms with E-state index in [-0.39, 0.29) is 16.8 Å². The fraction of sp³-hybridized carbons (Fsp3) is 0.500. The smallest absolute Gasteiger partial charge is 0.311 e. The highest BCUT2D eigenvalue weighted by atomic mass is 32.2. The van der Waals surface area contributed by atoms with E-state index in [1.807, 2.05) is 6.07 Å². The molecule has 0 aromatic heterocycles. The van der Waals surface area contributed by atoms with E-state index >= 15 is 0 Å². The molecule has 0 heterocycles. The molecule has 3 heteroatoms. The SMILES string of the molecule is COC(=O)[C@]1(C)CCC[C@@]2(C)C(C=CSc3ccccc3)=CCC[C@H]12. The number of esters is 1. The van der Waals surface area contributed by atoms with E-state index < -0.39 is 0 Å². The second kappa shape index (κ2) is 7.41. The first-order chi connectivity index (χ1) is 12.0. The quantitative estimate of drug-likeness (QED) is 0.489. The van der Waals surface area contributed by atoms with Crippen LogP contribution in [-0.4, -0.2) is 13.1 Å². The maximum Gasteiger partial charge on any atom is 0.311 e. The highest BCUT2D eigenvalue weighted by molar-refractivity contribution is 8.02. The number of ether oxygens (including phenoxy) is 1. The summed E-state index contributed by atoms with van der Waals surface area (Å²) in [4.78, 5) is 13.8. The average molecular weight is 357 g/mol. The lowest BCUT2D eigenvalue weighted by atomic mass is 9.50. The van der Waals surface area contributed by atoms with Crippen molar-refractivity contribution >= 4 is 17.7 Å². The minimum absolute atomic E-state index is 0.0349. The second-order valence-electron chi connectivity index (χ2n) is 7.70. The number of rotatable bonds is 4. The summed E-state index contributed by atoms with van der Waals surface area (Å²) in [5.41, 5.74) is 1.09. The molecule has 134 valence electrons. The number of methoxy groups -OCH3 is 1. The predicted octanol–water partition coefficient (Wildman–Crippen LogP) is 6.00. The van der Waals surface area contributed by atoms with Crippen LogP contribution in [0.2, 0.25) is 0 Å². The Morgan fingerprint density at radius 1 is 1.24 bits per heavy atom. The van der Waals surface area contributed by atoms with E-state index in [0.29, 0.717) is 5.92 Å². The van der Waals surface area contributed by atoms with Crippen LogP contribution in [0.4, 0.5) is 0 Å². The van der Waals surface area contributed by atoms with Crippen LogP contribution in [0, 0.1) is 16.7 Å². The zero-order valence-corrected chi connectivity index (χ0v) is 16.3. The number of carbonyl (C=O) groups excluding carboxylic acids is 1. The summed E-state index contributed by atoms with van der Waals surface area (Å²) < 4.78 is 5.18. The molecule has 0 radical (unpaired) electrons. The fourth-order valence-corrected chi connectivity index (χ4v) is 5.60. The lowest BCUT2D eigenvalue weighted by Gasteiger charge is -2.53. The number of allylic oxidation sites excluding steroid dienone is 3. The molecule has 0 unspecified atom stereocenters. The lowest BCUT2D eigenvalue weighted by molar-refractivity contribution is -0.162. The molecule has 2 nitrogen and oxygen atoms in total. The van der Waals surface area contributed by atoms with Gasteiger partial charge in [0.15, 0.2) is 0 Å². The van der Waals surface area contributed by atoms with Crippen LogP contribution in [0.3, 0.4) is 0 Å². The summed E-state index contributed by atoms with van der Waals surface area (Å²) in [5, 5.41) is 2.19. The van der Waals surface area contributed by atoms with Gasteiger partial charge in [-0.05, 0) is 67.1 Å². The van der Waals surface area contributed by atoms with Crippen molar-refractivity contribution in [3.05, 3.63) is 53.5 Å². The van der Waals surface area contributed by atoms with Gasteiger partial charge in [0, 0.05) is 4.90 Å². The van der Waals surface area contributed by atoms with Crippen LogP contribution in [0.5, 0.6) is 0 Å². The van der Waals surface area contributed by atoms with Gasteiger partial charge in [-0.2, -0.15) is 0 Å². The molecule has 0 N–H and O–H groups in total. The summed E-state index contributed by atoms with van der Waals surface area (Å²) in [6.45, 7) is 4.47. The van der Waals surface area contributed by atoms with Crippen molar-refractivity contribution in [2.75, 3.05) is 7.11 Å². The first kappa shape index (κ1) is 18.3. The molecule has 0 spiro atoms. The fourth-order valence-electron chi connectivity index (χ4n) is 4.92. The highest BCUT2D eigenvalue weighted by Gasteiger charge is 2.54. The summed E-state index contributed by atoms with van der Waals surface area (Å²) in [7, 11) is 1.52. The van der Waals surface area contributed by atoms with Gasteiger partial charge in [0.05, 0.1) is 12.5 Å². The van der Waals surface area contributed by atoms with Crippen molar-refractivity contribution in [1.29, 1.82) is 0 Å². The number of benzene rings is 1. The van der Waals surface area contributed by atoms with Gasteiger partial charge in [-0.15, -0.1) is 0 Å². The van der Waals surface area contributed by atoms with E-state index in [4.69, 9.17) is 4.74 Å². The lowest BCUT2D eigenvalue weighted by Crippen LogP contribution is -2.50. The van der Waals surface area contributed by atoms with Crippen LogP contribution < -0.4 is 0 Å². The van der Waals surface area contributed by atoms with Crippen molar-refractivity contribution in [2.45, 2.75) is 50.8 Å². The van der Waals surface area contributed by atoms with Crippen molar-refractivity contribution in [1.82, 2.24) is 0 Å². The molecule has 0 aliphatic heterocycles. The van der Waals surface area contributed by atoms with Crippen LogP contribution in [-0.2, 0) is 9.53 Å². The molecule has 3 rings (SSSR count). The molecular weight excluding hydrogens is 328 g/mol. The molecule has 1 fully saturated rings. The first-order valence-electron chi connectivity index (χ1n) is 9.18. The Morgan fingerprint density at radius 2 is 2.00 bits per heavy atom. The topological polar surface area (TPSA) is 26.3 Å². The van der Waals surface area contributed by atoms with Gasteiger partial charge in [-0.3, -0.25) is 4.79 Å². The largest absolute Gasteiger partial charge is 0.469 e. The van der Waals surface area contributed by atoms with E-state index in [1.54, 1.807) is 11.8 Å². The molecule has 0 bridgehead atoms. The standard InChI is InChI=1S/C22H28O2S/c1-21-14-8-15-22(2,20(23)24-3)19(21)12-7-9-17(21)13-16-25-18-10-5-4-6-11-18/h4-6,9-11,13,16,19H,7-8,12,14-15H2,1-3H3/t19-,21-,22+/m0/s1. The van der Waals surface area contributed by atoms with Gasteiger partial charge in [-0.1, -0.05) is 55.5 Å². The Balaban J connectivity index is 1.82. The first-order valence-corrected chi connectivity index (χ1v) is 10.1. The van der Waals surface area contributed by atoms with Crippen molar-refractivity contribution in [3.8, 4) is 0 Å². The van der Waals surface area contributed by atoms with E-state index in [9.17, 15) is 4.79 Å². The van der Waals surface area contributed by atoms with Gasteiger partial charge >= 0.3 is 5.97 Å². The summed E-state index contributed by atoms with van der Waals surface area (Å²) in [5.74, 6) is 0.319. The molecule has 25 heavy (non-hydrogen) atoms. The van der Waals surface area contributed by atoms with Crippen molar-refractivity contribution < 1.29 is 9.53 Å². The molecule has 2 aliphatic rings. The van der Waals surface area contributed by atoms with E-state index in [2.05, 4.69) is 55.7 Å². The van der Waals surface area contributed by atoms with Crippen LogP contribution >= 0.6 is 11.8 Å². The monoisotopic (exact) mass is 356 g/mol. The summed E-state index contributed by atoms with van der Waals surface area (Å²) in [6, 6.07) is 10.4. The molecular formula is C22H28O2S. The normalized spacial score (nSPS) is 32.1. The third-order valence-corrected chi connectivity index (χ3v) is 7.07. The molecule has 0 saturated heterocycles. The van der Waals surface area contributed by atoms with Gasteiger partial charge in [0.25, 0.3) is 0 Å². The van der Waals surface area contributed by atoms with E-state index in [1.165, 1.54) is 17.6 Å². The zero-order chi connectivity index (χ0) is 17.9. The van der Waals surface area contributed by atoms with Gasteiger partial charge < -0.3 is 4.74 Å². The third kappa shape index (κ3) is 3.44. The van der Waals surface area contributed by atoms with Gasteiger partial charge in [0.1, 0.15) is 0 Å². The van der Waals surface area contributed by atoms with Gasteiger partial charge in [-0.25, -0.2) is 0 Å². The number of hydrogen-bond acceptors (Lipinski definition) is 3. The Hall–Kier alpha value is -1.48. The Morgan fingerprint density at radius 3 is 2.72 bits per heavy atom. The van der Waals surface area contributed by atoms with Crippen molar-refractivity contribution in [3.63, 3.8) is 0 Å². The molecule has 0 amide bonds. The van der Waals surface area contributed by atoms with E-state index in [0.717, 1.165) is 32.1 Å². The highest BCUT2D eigenvalue weighted by Crippen LogP contribution is 2.59. The van der Waals surface area contributed by atoms with Crippen LogP contribution in [0.1, 0.15) is 46.0 Å². The third-order valence-electron chi connectivity index (χ3n) is 6.26. The summed E-state index contributed by atoms with van der Waals surface area (Å²) >= 11 is 1.75. The van der Waals surface area contributed by atoms with Crippen molar-refractivity contribution in [2.24, 2.45) is 16.7 Å². The summed E-state index contributed by atoms with van der Waals surface area (Å²) in [6.07, 6.45) is 9.93. The maximum atomic E-state index is 12.5. The van der Waals surface area contributed by atoms with Crippen LogP contribution in [0.15, 0.2) is 58.4 Å². The minimum Gasteiger partial charge on any atom is -0.469 e. The Kier molecular flexibility index (Phi) is 5.43. The molecule has 1 saturated carbocycles. The number of carbonyl (C=O) groups is 1. The molecule has 3 atom stereocenters. The average Bonchev–Trinajstić information content (AvgIpc) is 2.62. The molecule has 1 aromatic rings. The van der Waals surface area contributed by atoms with Crippen LogP contribution in [0.25, 0.3) is 0 Å². The Labute approximate surface area is 155 Å². The molecule has 2 aliphatic carbocycles. The number of thioether (sulfide) groups is 1. The predicted molar refractivity (Wildman–Crippen MR) is 104 cm³/mol. The zero-order valence-electron chi connectivity index (χ0n) is 15.5. The maximum absolute atomic E-state index is 12.5. The second-order valence-corrected chi connectivity index (χ2v) is 8.68. The number of hydrogen-bond donors (Lipinski definition) is 0.